The van der Waals surface area contributed by atoms with Crippen molar-refractivity contribution in [3.05, 3.63) is 95.3 Å². The van der Waals surface area contributed by atoms with Crippen molar-refractivity contribution in [2.75, 3.05) is 5.32 Å². The summed E-state index contributed by atoms with van der Waals surface area (Å²) in [5, 5.41) is 6.76. The van der Waals surface area contributed by atoms with Gasteiger partial charge in [-0.1, -0.05) is 39.0 Å². The standard InChI is InChI=1S/C24H24N4O2/c1-24(2,3)20-10-6-18(7-11-20)22(29)27-21-12-8-19(9-13-21)23(30)28-26-16-17-5-4-14-25-15-17/h4-16H,1-3H3,(H,27,29)(H,28,30)/b26-16+. The molecule has 30 heavy (non-hydrogen) atoms. The highest BCUT2D eigenvalue weighted by Gasteiger charge is 2.14. The number of benzene rings is 2. The van der Waals surface area contributed by atoms with E-state index in [1.54, 1.807) is 42.7 Å². The lowest BCUT2D eigenvalue weighted by Gasteiger charge is -2.19. The maximum absolute atomic E-state index is 12.5. The molecule has 0 bridgehead atoms. The topological polar surface area (TPSA) is 83.5 Å². The van der Waals surface area contributed by atoms with E-state index in [1.807, 2.05) is 30.3 Å². The van der Waals surface area contributed by atoms with Crippen LogP contribution >= 0.6 is 0 Å². The van der Waals surface area contributed by atoms with Crippen molar-refractivity contribution in [2.24, 2.45) is 5.10 Å². The summed E-state index contributed by atoms with van der Waals surface area (Å²) < 4.78 is 0. The zero-order valence-electron chi connectivity index (χ0n) is 17.2. The average Bonchev–Trinajstić information content (AvgIpc) is 2.74. The molecule has 6 heteroatoms. The Hall–Kier alpha value is -3.80. The molecule has 0 unspecified atom stereocenters. The highest BCUT2D eigenvalue weighted by Crippen LogP contribution is 2.22. The normalized spacial score (nSPS) is 11.3. The van der Waals surface area contributed by atoms with E-state index >= 15 is 0 Å². The molecular weight excluding hydrogens is 376 g/mol. The summed E-state index contributed by atoms with van der Waals surface area (Å²) in [6.07, 6.45) is 4.82. The lowest BCUT2D eigenvalue weighted by Crippen LogP contribution is -2.18. The molecule has 0 aliphatic carbocycles. The van der Waals surface area contributed by atoms with Gasteiger partial charge in [0, 0.05) is 34.8 Å². The summed E-state index contributed by atoms with van der Waals surface area (Å²) in [6.45, 7) is 6.39. The summed E-state index contributed by atoms with van der Waals surface area (Å²) in [5.74, 6) is -0.542. The summed E-state index contributed by atoms with van der Waals surface area (Å²) in [7, 11) is 0. The Balaban J connectivity index is 1.58. The van der Waals surface area contributed by atoms with E-state index in [0.717, 1.165) is 5.56 Å². The Morgan fingerprint density at radius 1 is 0.900 bits per heavy atom. The van der Waals surface area contributed by atoms with Crippen molar-refractivity contribution in [1.82, 2.24) is 10.4 Å². The number of carbonyl (C=O) groups excluding carboxylic acids is 2. The van der Waals surface area contributed by atoms with Gasteiger partial charge in [-0.3, -0.25) is 14.6 Å². The van der Waals surface area contributed by atoms with Crippen LogP contribution in [0.1, 0.15) is 52.6 Å². The van der Waals surface area contributed by atoms with Crippen LogP contribution in [0.3, 0.4) is 0 Å². The van der Waals surface area contributed by atoms with Gasteiger partial charge in [0.2, 0.25) is 0 Å². The molecule has 0 fully saturated rings. The fraction of sp³-hybridized carbons (Fsp3) is 0.167. The Labute approximate surface area is 176 Å². The number of nitrogens with zero attached hydrogens (tertiary/aromatic N) is 2. The molecule has 152 valence electrons. The van der Waals surface area contributed by atoms with Crippen LogP contribution in [0, 0.1) is 0 Å². The first kappa shape index (κ1) is 20.9. The number of hydrazone groups is 1. The van der Waals surface area contributed by atoms with E-state index in [4.69, 9.17) is 0 Å². The summed E-state index contributed by atoms with van der Waals surface area (Å²) >= 11 is 0. The molecule has 0 radical (unpaired) electrons. The van der Waals surface area contributed by atoms with Gasteiger partial charge in [-0.05, 0) is 53.4 Å². The monoisotopic (exact) mass is 400 g/mol. The molecule has 3 aromatic rings. The van der Waals surface area contributed by atoms with Crippen molar-refractivity contribution in [1.29, 1.82) is 0 Å². The maximum Gasteiger partial charge on any atom is 0.271 e. The molecule has 0 aliphatic rings. The number of anilines is 1. The van der Waals surface area contributed by atoms with Crippen LogP contribution < -0.4 is 10.7 Å². The van der Waals surface area contributed by atoms with E-state index < -0.39 is 0 Å². The average molecular weight is 400 g/mol. The van der Waals surface area contributed by atoms with Crippen molar-refractivity contribution in [2.45, 2.75) is 26.2 Å². The van der Waals surface area contributed by atoms with Gasteiger partial charge in [-0.15, -0.1) is 0 Å². The van der Waals surface area contributed by atoms with Gasteiger partial charge in [0.1, 0.15) is 0 Å². The molecule has 2 aromatic carbocycles. The molecule has 0 atom stereocenters. The Kier molecular flexibility index (Phi) is 6.37. The molecular formula is C24H24N4O2. The number of nitrogens with one attached hydrogen (secondary N) is 2. The van der Waals surface area contributed by atoms with E-state index in [2.05, 4.69) is 41.6 Å². The van der Waals surface area contributed by atoms with Gasteiger partial charge in [-0.25, -0.2) is 5.43 Å². The van der Waals surface area contributed by atoms with Gasteiger partial charge >= 0.3 is 0 Å². The minimum absolute atomic E-state index is 0.0352. The van der Waals surface area contributed by atoms with E-state index in [0.29, 0.717) is 16.8 Å². The number of amides is 2. The fourth-order valence-electron chi connectivity index (χ4n) is 2.71. The number of hydrogen-bond donors (Lipinski definition) is 2. The highest BCUT2D eigenvalue weighted by molar-refractivity contribution is 6.04. The smallest absolute Gasteiger partial charge is 0.271 e. The molecule has 0 saturated carbocycles. The SMILES string of the molecule is CC(C)(C)c1ccc(C(=O)Nc2ccc(C(=O)N/N=C/c3cccnc3)cc2)cc1. The second kappa shape index (κ2) is 9.13. The van der Waals surface area contributed by atoms with Crippen molar-refractivity contribution >= 4 is 23.7 Å². The van der Waals surface area contributed by atoms with E-state index in [9.17, 15) is 9.59 Å². The molecule has 0 spiro atoms. The first-order valence-corrected chi connectivity index (χ1v) is 9.58. The number of hydrogen-bond acceptors (Lipinski definition) is 4. The second-order valence-corrected chi connectivity index (χ2v) is 7.84. The van der Waals surface area contributed by atoms with Crippen LogP contribution in [-0.4, -0.2) is 23.0 Å². The van der Waals surface area contributed by atoms with Crippen molar-refractivity contribution in [3.63, 3.8) is 0 Å². The molecule has 1 aromatic heterocycles. The van der Waals surface area contributed by atoms with Crippen molar-refractivity contribution in [3.8, 4) is 0 Å². The number of aromatic nitrogens is 1. The van der Waals surface area contributed by atoms with Gasteiger partial charge in [-0.2, -0.15) is 5.10 Å². The van der Waals surface area contributed by atoms with Gasteiger partial charge in [0.25, 0.3) is 11.8 Å². The van der Waals surface area contributed by atoms with Gasteiger partial charge in [0.05, 0.1) is 6.21 Å². The third-order valence-electron chi connectivity index (χ3n) is 4.48. The van der Waals surface area contributed by atoms with Gasteiger partial charge < -0.3 is 5.32 Å². The first-order valence-electron chi connectivity index (χ1n) is 9.58. The van der Waals surface area contributed by atoms with E-state index in [-0.39, 0.29) is 17.2 Å². The zero-order chi connectivity index (χ0) is 21.6. The Morgan fingerprint density at radius 3 is 2.13 bits per heavy atom. The summed E-state index contributed by atoms with van der Waals surface area (Å²) in [4.78, 5) is 28.6. The van der Waals surface area contributed by atoms with Crippen LogP contribution in [0.4, 0.5) is 5.69 Å². The lowest BCUT2D eigenvalue weighted by atomic mass is 9.87. The lowest BCUT2D eigenvalue weighted by molar-refractivity contribution is 0.0954. The van der Waals surface area contributed by atoms with Crippen LogP contribution in [0.2, 0.25) is 0 Å². The predicted octanol–water partition coefficient (Wildman–Crippen LogP) is 4.40. The third kappa shape index (κ3) is 5.61. The maximum atomic E-state index is 12.5. The third-order valence-corrected chi connectivity index (χ3v) is 4.48. The number of rotatable bonds is 5. The van der Waals surface area contributed by atoms with Crippen LogP contribution in [0.5, 0.6) is 0 Å². The molecule has 2 amide bonds. The van der Waals surface area contributed by atoms with Gasteiger partial charge in [0.15, 0.2) is 0 Å². The zero-order valence-corrected chi connectivity index (χ0v) is 17.2. The van der Waals surface area contributed by atoms with Crippen LogP contribution in [0.25, 0.3) is 0 Å². The summed E-state index contributed by atoms with van der Waals surface area (Å²) in [6, 6.07) is 17.8. The number of pyridine rings is 1. The minimum atomic E-state index is -0.342. The quantitative estimate of drug-likeness (QED) is 0.492. The van der Waals surface area contributed by atoms with Crippen molar-refractivity contribution < 1.29 is 9.59 Å². The minimum Gasteiger partial charge on any atom is -0.322 e. The Morgan fingerprint density at radius 2 is 1.53 bits per heavy atom. The van der Waals surface area contributed by atoms with E-state index in [1.165, 1.54) is 11.8 Å². The molecule has 3 rings (SSSR count). The molecule has 6 nitrogen and oxygen atoms in total. The molecule has 0 aliphatic heterocycles. The highest BCUT2D eigenvalue weighted by atomic mass is 16.2. The molecule has 2 N–H and O–H groups in total. The second-order valence-electron chi connectivity index (χ2n) is 7.84. The number of carbonyl (C=O) groups is 2. The molecule has 1 heterocycles. The predicted molar refractivity (Wildman–Crippen MR) is 119 cm³/mol. The fourth-order valence-corrected chi connectivity index (χ4v) is 2.71. The molecule has 0 saturated heterocycles. The first-order chi connectivity index (χ1) is 14.3. The Bertz CT molecular complexity index is 1040. The summed E-state index contributed by atoms with van der Waals surface area (Å²) in [5.41, 5.74) is 6.07. The largest absolute Gasteiger partial charge is 0.322 e. The van der Waals surface area contributed by atoms with Crippen LogP contribution in [-0.2, 0) is 5.41 Å². The van der Waals surface area contributed by atoms with Crippen LogP contribution in [0.15, 0.2) is 78.2 Å².